The third-order valence-corrected chi connectivity index (χ3v) is 2.69. The van der Waals surface area contributed by atoms with Gasteiger partial charge in [0.25, 0.3) is 0 Å². The van der Waals surface area contributed by atoms with Crippen LogP contribution in [0.5, 0.6) is 0 Å². The Labute approximate surface area is 116 Å². The molecular formula is C13H19BrFN3. The molecule has 5 heteroatoms. The second-order valence-electron chi connectivity index (χ2n) is 4.23. The molecule has 0 saturated heterocycles. The van der Waals surface area contributed by atoms with Gasteiger partial charge in [-0.25, -0.2) is 9.38 Å². The van der Waals surface area contributed by atoms with Gasteiger partial charge in [-0.15, -0.1) is 0 Å². The van der Waals surface area contributed by atoms with Crippen molar-refractivity contribution in [3.05, 3.63) is 34.1 Å². The lowest BCUT2D eigenvalue weighted by molar-refractivity contribution is 0.609. The van der Waals surface area contributed by atoms with Crippen molar-refractivity contribution in [2.75, 3.05) is 6.54 Å². The maximum Gasteiger partial charge on any atom is 0.191 e. The summed E-state index contributed by atoms with van der Waals surface area (Å²) in [4.78, 5) is 4.35. The van der Waals surface area contributed by atoms with Crippen molar-refractivity contribution in [1.82, 2.24) is 10.6 Å². The maximum atomic E-state index is 13.6. The summed E-state index contributed by atoms with van der Waals surface area (Å²) in [5.41, 5.74) is 0.583. The molecule has 0 amide bonds. The Hall–Kier alpha value is -1.10. The van der Waals surface area contributed by atoms with Gasteiger partial charge in [0.1, 0.15) is 5.82 Å². The lowest BCUT2D eigenvalue weighted by Gasteiger charge is -2.14. The fraction of sp³-hybridized carbons (Fsp3) is 0.462. The van der Waals surface area contributed by atoms with E-state index in [-0.39, 0.29) is 11.9 Å². The highest BCUT2D eigenvalue weighted by molar-refractivity contribution is 9.10. The molecule has 2 N–H and O–H groups in total. The standard InChI is InChI=1S/C13H19BrFN3/c1-4-16-13(18-9(2)3)17-8-10-5-6-11(14)7-12(10)15/h5-7,9H,4,8H2,1-3H3,(H2,16,17,18). The molecule has 0 aliphatic carbocycles. The largest absolute Gasteiger partial charge is 0.357 e. The van der Waals surface area contributed by atoms with Crippen molar-refractivity contribution >= 4 is 21.9 Å². The normalized spacial score (nSPS) is 11.8. The van der Waals surface area contributed by atoms with Gasteiger partial charge in [0, 0.05) is 22.6 Å². The van der Waals surface area contributed by atoms with E-state index in [0.717, 1.165) is 11.0 Å². The third-order valence-electron chi connectivity index (χ3n) is 2.19. The summed E-state index contributed by atoms with van der Waals surface area (Å²) >= 11 is 3.23. The van der Waals surface area contributed by atoms with Gasteiger partial charge in [-0.05, 0) is 32.9 Å². The molecule has 18 heavy (non-hydrogen) atoms. The van der Waals surface area contributed by atoms with E-state index in [1.165, 1.54) is 6.07 Å². The first-order valence-corrected chi connectivity index (χ1v) is 6.81. The fourth-order valence-corrected chi connectivity index (χ4v) is 1.74. The molecule has 3 nitrogen and oxygen atoms in total. The van der Waals surface area contributed by atoms with Crippen molar-refractivity contribution in [2.24, 2.45) is 4.99 Å². The predicted octanol–water partition coefficient (Wildman–Crippen LogP) is 3.05. The van der Waals surface area contributed by atoms with Crippen LogP contribution < -0.4 is 10.6 Å². The van der Waals surface area contributed by atoms with Crippen LogP contribution in [0.25, 0.3) is 0 Å². The number of nitrogens with zero attached hydrogens (tertiary/aromatic N) is 1. The van der Waals surface area contributed by atoms with Crippen molar-refractivity contribution in [2.45, 2.75) is 33.4 Å². The van der Waals surface area contributed by atoms with Crippen LogP contribution in [0, 0.1) is 5.82 Å². The van der Waals surface area contributed by atoms with Gasteiger partial charge in [0.05, 0.1) is 6.54 Å². The Balaban J connectivity index is 2.74. The topological polar surface area (TPSA) is 36.4 Å². The summed E-state index contributed by atoms with van der Waals surface area (Å²) in [6.45, 7) is 7.17. The third kappa shape index (κ3) is 5.04. The Morgan fingerprint density at radius 1 is 1.44 bits per heavy atom. The molecule has 0 aliphatic rings. The molecule has 1 rings (SSSR count). The number of benzene rings is 1. The first kappa shape index (κ1) is 15.0. The van der Waals surface area contributed by atoms with Gasteiger partial charge in [-0.1, -0.05) is 22.0 Å². The average Bonchev–Trinajstić information content (AvgIpc) is 2.27. The summed E-state index contributed by atoms with van der Waals surface area (Å²) in [5, 5.41) is 6.31. The SMILES string of the molecule is CCNC(=NCc1ccc(Br)cc1F)NC(C)C. The fourth-order valence-electron chi connectivity index (χ4n) is 1.41. The summed E-state index contributed by atoms with van der Waals surface area (Å²) < 4.78 is 14.3. The number of aliphatic imine (C=N–C) groups is 1. The molecule has 0 aliphatic heterocycles. The smallest absolute Gasteiger partial charge is 0.191 e. The summed E-state index contributed by atoms with van der Waals surface area (Å²) in [6, 6.07) is 5.30. The zero-order chi connectivity index (χ0) is 13.5. The molecule has 0 saturated carbocycles. The van der Waals surface area contributed by atoms with Gasteiger partial charge in [-0.3, -0.25) is 0 Å². The molecule has 0 radical (unpaired) electrons. The Morgan fingerprint density at radius 3 is 2.72 bits per heavy atom. The minimum atomic E-state index is -0.242. The van der Waals surface area contributed by atoms with Crippen LogP contribution >= 0.6 is 15.9 Å². The minimum Gasteiger partial charge on any atom is -0.357 e. The lowest BCUT2D eigenvalue weighted by atomic mass is 10.2. The van der Waals surface area contributed by atoms with Crippen molar-refractivity contribution < 1.29 is 4.39 Å². The van der Waals surface area contributed by atoms with E-state index in [4.69, 9.17) is 0 Å². The van der Waals surface area contributed by atoms with Gasteiger partial charge >= 0.3 is 0 Å². The number of hydrogen-bond donors (Lipinski definition) is 2. The highest BCUT2D eigenvalue weighted by atomic mass is 79.9. The van der Waals surface area contributed by atoms with Crippen molar-refractivity contribution in [3.63, 3.8) is 0 Å². The lowest BCUT2D eigenvalue weighted by Crippen LogP contribution is -2.41. The van der Waals surface area contributed by atoms with Crippen LogP contribution in [-0.4, -0.2) is 18.5 Å². The van der Waals surface area contributed by atoms with E-state index >= 15 is 0 Å². The highest BCUT2D eigenvalue weighted by Gasteiger charge is 2.03. The monoisotopic (exact) mass is 315 g/mol. The number of nitrogens with one attached hydrogen (secondary N) is 2. The van der Waals surface area contributed by atoms with Crippen LogP contribution in [0.3, 0.4) is 0 Å². The quantitative estimate of drug-likeness (QED) is 0.662. The summed E-state index contributed by atoms with van der Waals surface area (Å²) in [6.07, 6.45) is 0. The molecule has 0 spiro atoms. The van der Waals surface area contributed by atoms with Gasteiger partial charge in [0.2, 0.25) is 0 Å². The van der Waals surface area contributed by atoms with E-state index in [9.17, 15) is 4.39 Å². The molecule has 1 aromatic carbocycles. The van der Waals surface area contributed by atoms with E-state index in [0.29, 0.717) is 18.1 Å². The molecular weight excluding hydrogens is 297 g/mol. The minimum absolute atomic E-state index is 0.242. The van der Waals surface area contributed by atoms with Crippen molar-refractivity contribution in [3.8, 4) is 0 Å². The molecule has 0 unspecified atom stereocenters. The van der Waals surface area contributed by atoms with Gasteiger partial charge in [0.15, 0.2) is 5.96 Å². The first-order chi connectivity index (χ1) is 8.52. The van der Waals surface area contributed by atoms with E-state index in [1.54, 1.807) is 6.07 Å². The number of rotatable bonds is 4. The summed E-state index contributed by atoms with van der Waals surface area (Å²) in [5.74, 6) is 0.461. The van der Waals surface area contributed by atoms with Crippen LogP contribution in [0.2, 0.25) is 0 Å². The molecule has 0 aromatic heterocycles. The van der Waals surface area contributed by atoms with Crippen LogP contribution in [0.1, 0.15) is 26.3 Å². The highest BCUT2D eigenvalue weighted by Crippen LogP contribution is 2.15. The Morgan fingerprint density at radius 2 is 2.17 bits per heavy atom. The molecule has 0 fully saturated rings. The van der Waals surface area contributed by atoms with Crippen LogP contribution in [-0.2, 0) is 6.54 Å². The van der Waals surface area contributed by atoms with Gasteiger partial charge < -0.3 is 10.6 Å². The second-order valence-corrected chi connectivity index (χ2v) is 5.15. The van der Waals surface area contributed by atoms with Crippen molar-refractivity contribution in [1.29, 1.82) is 0 Å². The molecule has 0 bridgehead atoms. The van der Waals surface area contributed by atoms with E-state index in [1.807, 2.05) is 26.8 Å². The second kappa shape index (κ2) is 7.36. The maximum absolute atomic E-state index is 13.6. The zero-order valence-corrected chi connectivity index (χ0v) is 12.5. The number of halogens is 2. The number of guanidine groups is 1. The predicted molar refractivity (Wildman–Crippen MR) is 77.2 cm³/mol. The van der Waals surface area contributed by atoms with E-state index in [2.05, 4.69) is 31.6 Å². The van der Waals surface area contributed by atoms with Gasteiger partial charge in [-0.2, -0.15) is 0 Å². The Bertz CT molecular complexity index is 419. The molecule has 1 aromatic rings. The molecule has 100 valence electrons. The molecule has 0 atom stereocenters. The Kier molecular flexibility index (Phi) is 6.12. The zero-order valence-electron chi connectivity index (χ0n) is 10.9. The van der Waals surface area contributed by atoms with Crippen LogP contribution in [0.4, 0.5) is 4.39 Å². The molecule has 0 heterocycles. The number of hydrogen-bond acceptors (Lipinski definition) is 1. The van der Waals surface area contributed by atoms with Crippen LogP contribution in [0.15, 0.2) is 27.7 Å². The first-order valence-electron chi connectivity index (χ1n) is 6.01. The summed E-state index contributed by atoms with van der Waals surface area (Å²) in [7, 11) is 0. The average molecular weight is 316 g/mol. The van der Waals surface area contributed by atoms with E-state index < -0.39 is 0 Å².